The molecule has 18 heavy (non-hydrogen) atoms. The molecule has 1 fully saturated rings. The van der Waals surface area contributed by atoms with Gasteiger partial charge in [0.2, 0.25) is 0 Å². The first-order chi connectivity index (χ1) is 8.58. The Hall–Kier alpha value is -0.840. The topological polar surface area (TPSA) is 37.6 Å². The van der Waals surface area contributed by atoms with Gasteiger partial charge >= 0.3 is 0 Å². The first-order valence-electron chi connectivity index (χ1n) is 6.69. The summed E-state index contributed by atoms with van der Waals surface area (Å²) >= 11 is 0. The van der Waals surface area contributed by atoms with Crippen LogP contribution in [-0.4, -0.2) is 37.2 Å². The SMILES string of the molecule is CNCc1oc(CN2CC(C)OC(C)C2)cc1C. The van der Waals surface area contributed by atoms with E-state index in [-0.39, 0.29) is 0 Å². The third-order valence-electron chi connectivity index (χ3n) is 3.28. The molecule has 1 aliphatic rings. The molecule has 0 saturated carbocycles. The quantitative estimate of drug-likeness (QED) is 0.888. The molecule has 2 atom stereocenters. The molecule has 1 saturated heterocycles. The van der Waals surface area contributed by atoms with E-state index < -0.39 is 0 Å². The molecular formula is C14H24N2O2. The van der Waals surface area contributed by atoms with E-state index in [0.29, 0.717) is 12.2 Å². The van der Waals surface area contributed by atoms with Crippen LogP contribution in [0.25, 0.3) is 0 Å². The van der Waals surface area contributed by atoms with Crippen molar-refractivity contribution in [1.82, 2.24) is 10.2 Å². The van der Waals surface area contributed by atoms with E-state index in [1.54, 1.807) is 0 Å². The number of morpholine rings is 1. The van der Waals surface area contributed by atoms with Crippen molar-refractivity contribution in [1.29, 1.82) is 0 Å². The van der Waals surface area contributed by atoms with Crippen LogP contribution in [0, 0.1) is 6.92 Å². The summed E-state index contributed by atoms with van der Waals surface area (Å²) in [6.45, 7) is 9.98. The number of nitrogens with one attached hydrogen (secondary N) is 1. The molecule has 0 amide bonds. The molecule has 0 aromatic carbocycles. The molecule has 0 spiro atoms. The third-order valence-corrected chi connectivity index (χ3v) is 3.28. The number of hydrogen-bond donors (Lipinski definition) is 1. The van der Waals surface area contributed by atoms with Gasteiger partial charge < -0.3 is 14.5 Å². The Kier molecular flexibility index (Phi) is 4.43. The Morgan fingerprint density at radius 1 is 1.33 bits per heavy atom. The molecule has 4 nitrogen and oxygen atoms in total. The Bertz CT molecular complexity index is 379. The van der Waals surface area contributed by atoms with Crippen molar-refractivity contribution in [3.05, 3.63) is 23.2 Å². The minimum absolute atomic E-state index is 0.307. The zero-order valence-electron chi connectivity index (χ0n) is 11.8. The van der Waals surface area contributed by atoms with Gasteiger partial charge in [0.25, 0.3) is 0 Å². The van der Waals surface area contributed by atoms with E-state index in [4.69, 9.17) is 9.15 Å². The van der Waals surface area contributed by atoms with Gasteiger partial charge in [-0.1, -0.05) is 0 Å². The summed E-state index contributed by atoms with van der Waals surface area (Å²) in [4.78, 5) is 2.40. The molecule has 0 radical (unpaired) electrons. The lowest BCUT2D eigenvalue weighted by molar-refractivity contribution is -0.0718. The van der Waals surface area contributed by atoms with Gasteiger partial charge in [0, 0.05) is 13.1 Å². The summed E-state index contributed by atoms with van der Waals surface area (Å²) < 4.78 is 11.6. The number of furan rings is 1. The van der Waals surface area contributed by atoms with E-state index in [1.807, 2.05) is 7.05 Å². The molecule has 4 heteroatoms. The monoisotopic (exact) mass is 252 g/mol. The molecule has 2 unspecified atom stereocenters. The van der Waals surface area contributed by atoms with Crippen molar-refractivity contribution >= 4 is 0 Å². The lowest BCUT2D eigenvalue weighted by Crippen LogP contribution is -2.44. The number of rotatable bonds is 4. The maximum atomic E-state index is 5.88. The average Bonchev–Trinajstić information content (AvgIpc) is 2.58. The van der Waals surface area contributed by atoms with Crippen LogP contribution in [-0.2, 0) is 17.8 Å². The molecule has 2 heterocycles. The molecule has 0 aliphatic carbocycles. The van der Waals surface area contributed by atoms with Crippen LogP contribution in [0.15, 0.2) is 10.5 Å². The minimum Gasteiger partial charge on any atom is -0.463 e. The molecule has 1 aromatic rings. The van der Waals surface area contributed by atoms with Crippen molar-refractivity contribution in [3.8, 4) is 0 Å². The number of nitrogens with zero attached hydrogens (tertiary/aromatic N) is 1. The van der Waals surface area contributed by atoms with Crippen molar-refractivity contribution in [2.45, 2.75) is 46.1 Å². The summed E-state index contributed by atoms with van der Waals surface area (Å²) in [5.74, 6) is 2.10. The summed E-state index contributed by atoms with van der Waals surface area (Å²) in [5, 5.41) is 3.13. The van der Waals surface area contributed by atoms with E-state index in [1.165, 1.54) is 5.56 Å². The Morgan fingerprint density at radius 3 is 2.61 bits per heavy atom. The lowest BCUT2D eigenvalue weighted by atomic mass is 10.2. The van der Waals surface area contributed by atoms with Gasteiger partial charge in [0.05, 0.1) is 25.3 Å². The van der Waals surface area contributed by atoms with E-state index >= 15 is 0 Å². The van der Waals surface area contributed by atoms with Gasteiger partial charge in [-0.3, -0.25) is 4.90 Å². The van der Waals surface area contributed by atoms with Crippen molar-refractivity contribution in [2.24, 2.45) is 0 Å². The number of ether oxygens (including phenoxy) is 1. The van der Waals surface area contributed by atoms with Gasteiger partial charge in [-0.25, -0.2) is 0 Å². The first kappa shape index (κ1) is 13.6. The highest BCUT2D eigenvalue weighted by molar-refractivity contribution is 5.20. The minimum atomic E-state index is 0.307. The smallest absolute Gasteiger partial charge is 0.120 e. The summed E-state index contributed by atoms with van der Waals surface area (Å²) in [7, 11) is 1.94. The maximum Gasteiger partial charge on any atom is 0.120 e. The zero-order valence-corrected chi connectivity index (χ0v) is 11.8. The number of hydrogen-bond acceptors (Lipinski definition) is 4. The van der Waals surface area contributed by atoms with E-state index in [0.717, 1.165) is 37.7 Å². The van der Waals surface area contributed by atoms with Crippen LogP contribution in [0.1, 0.15) is 30.9 Å². The number of aryl methyl sites for hydroxylation is 1. The van der Waals surface area contributed by atoms with Gasteiger partial charge in [0.1, 0.15) is 11.5 Å². The van der Waals surface area contributed by atoms with Gasteiger partial charge in [-0.15, -0.1) is 0 Å². The van der Waals surface area contributed by atoms with Crippen molar-refractivity contribution < 1.29 is 9.15 Å². The standard InChI is InChI=1S/C14H24N2O2/c1-10-5-13(18-14(10)6-15-4)9-16-7-11(2)17-12(3)8-16/h5,11-12,15H,6-9H2,1-4H3. The van der Waals surface area contributed by atoms with Crippen LogP contribution in [0.5, 0.6) is 0 Å². The Labute approximate surface area is 109 Å². The first-order valence-corrected chi connectivity index (χ1v) is 6.69. The van der Waals surface area contributed by atoms with Gasteiger partial charge in [-0.2, -0.15) is 0 Å². The second-order valence-corrected chi connectivity index (χ2v) is 5.30. The second kappa shape index (κ2) is 5.87. The van der Waals surface area contributed by atoms with Crippen LogP contribution in [0.2, 0.25) is 0 Å². The van der Waals surface area contributed by atoms with Gasteiger partial charge in [-0.05, 0) is 39.4 Å². The maximum absolute atomic E-state index is 5.88. The fourth-order valence-corrected chi connectivity index (χ4v) is 2.64. The highest BCUT2D eigenvalue weighted by Gasteiger charge is 2.23. The molecule has 1 aliphatic heterocycles. The van der Waals surface area contributed by atoms with Gasteiger partial charge in [0.15, 0.2) is 0 Å². The lowest BCUT2D eigenvalue weighted by Gasteiger charge is -2.34. The highest BCUT2D eigenvalue weighted by atomic mass is 16.5. The average molecular weight is 252 g/mol. The third kappa shape index (κ3) is 3.34. The summed E-state index contributed by atoms with van der Waals surface area (Å²) in [6, 6.07) is 2.15. The van der Waals surface area contributed by atoms with Crippen LogP contribution in [0.3, 0.4) is 0 Å². The summed E-state index contributed by atoms with van der Waals surface area (Å²) in [5.41, 5.74) is 1.23. The highest BCUT2D eigenvalue weighted by Crippen LogP contribution is 2.19. The fourth-order valence-electron chi connectivity index (χ4n) is 2.64. The molecule has 0 bridgehead atoms. The van der Waals surface area contributed by atoms with Crippen LogP contribution < -0.4 is 5.32 Å². The molecule has 102 valence electrons. The van der Waals surface area contributed by atoms with Crippen LogP contribution >= 0.6 is 0 Å². The Balaban J connectivity index is 1.98. The second-order valence-electron chi connectivity index (χ2n) is 5.30. The largest absolute Gasteiger partial charge is 0.463 e. The molecular weight excluding hydrogens is 228 g/mol. The molecule has 2 rings (SSSR count). The predicted molar refractivity (Wildman–Crippen MR) is 71.5 cm³/mol. The Morgan fingerprint density at radius 2 is 2.00 bits per heavy atom. The fraction of sp³-hybridized carbons (Fsp3) is 0.714. The predicted octanol–water partition coefficient (Wildman–Crippen LogP) is 1.92. The van der Waals surface area contributed by atoms with E-state index in [9.17, 15) is 0 Å². The molecule has 1 N–H and O–H groups in total. The van der Waals surface area contributed by atoms with Crippen molar-refractivity contribution in [2.75, 3.05) is 20.1 Å². The zero-order chi connectivity index (χ0) is 13.1. The van der Waals surface area contributed by atoms with Crippen LogP contribution in [0.4, 0.5) is 0 Å². The van der Waals surface area contributed by atoms with Crippen molar-refractivity contribution in [3.63, 3.8) is 0 Å². The normalized spacial score (nSPS) is 25.6. The summed E-state index contributed by atoms with van der Waals surface area (Å²) in [6.07, 6.45) is 0.614. The molecule has 1 aromatic heterocycles. The van der Waals surface area contributed by atoms with E-state index in [2.05, 4.69) is 37.1 Å².